The third kappa shape index (κ3) is 3.69. The van der Waals surface area contributed by atoms with Gasteiger partial charge in [-0.15, -0.1) is 0 Å². The smallest absolute Gasteiger partial charge is 0.216 e. The second-order valence-electron chi connectivity index (χ2n) is 2.58. The Morgan fingerprint density at radius 3 is 2.54 bits per heavy atom. The average Bonchev–Trinajstić information content (AvgIpc) is 2.04. The molecule has 2 nitrogen and oxygen atoms in total. The monoisotopic (exact) mass is 239 g/mol. The molecule has 1 heterocycles. The van der Waals surface area contributed by atoms with Gasteiger partial charge in [-0.3, -0.25) is 4.98 Å². The van der Waals surface area contributed by atoms with Crippen LogP contribution in [0.4, 0.5) is 0 Å². The molecular weight excluding hydrogens is 232 g/mol. The fourth-order valence-electron chi connectivity index (χ4n) is 0.833. The lowest BCUT2D eigenvalue weighted by Crippen LogP contribution is -2.27. The first kappa shape index (κ1) is 11.1. The number of halogens is 3. The van der Waals surface area contributed by atoms with E-state index in [0.29, 0.717) is 5.69 Å². The second kappa shape index (κ2) is 4.47. The molecule has 0 fully saturated rings. The zero-order valence-electron chi connectivity index (χ0n) is 6.62. The molecule has 1 N–H and O–H groups in total. The van der Waals surface area contributed by atoms with Gasteiger partial charge >= 0.3 is 0 Å². The Hall–Kier alpha value is -0.0200. The summed E-state index contributed by atoms with van der Waals surface area (Å²) in [6.07, 6.45) is 0.824. The zero-order valence-corrected chi connectivity index (χ0v) is 8.89. The van der Waals surface area contributed by atoms with E-state index in [-0.39, 0.29) is 6.42 Å². The largest absolute Gasteiger partial charge is 0.388 e. The van der Waals surface area contributed by atoms with Gasteiger partial charge in [0.05, 0.1) is 0 Å². The molecule has 0 radical (unpaired) electrons. The molecular formula is C8H8Cl3NO. The molecule has 0 aliphatic rings. The van der Waals surface area contributed by atoms with Crippen molar-refractivity contribution in [3.8, 4) is 0 Å². The van der Waals surface area contributed by atoms with Crippen molar-refractivity contribution in [3.05, 3.63) is 30.1 Å². The van der Waals surface area contributed by atoms with Crippen molar-refractivity contribution >= 4 is 34.8 Å². The van der Waals surface area contributed by atoms with E-state index in [1.54, 1.807) is 18.3 Å². The van der Waals surface area contributed by atoms with Crippen LogP contribution in [0, 0.1) is 0 Å². The highest BCUT2D eigenvalue weighted by Crippen LogP contribution is 2.31. The number of aromatic nitrogens is 1. The maximum Gasteiger partial charge on any atom is 0.216 e. The Balaban J connectivity index is 2.61. The van der Waals surface area contributed by atoms with E-state index in [2.05, 4.69) is 4.98 Å². The van der Waals surface area contributed by atoms with Crippen LogP contribution in [0.5, 0.6) is 0 Å². The molecule has 0 saturated carbocycles. The van der Waals surface area contributed by atoms with Gasteiger partial charge in [-0.2, -0.15) is 0 Å². The summed E-state index contributed by atoms with van der Waals surface area (Å²) in [5.41, 5.74) is 0.696. The van der Waals surface area contributed by atoms with Gasteiger partial charge in [-0.1, -0.05) is 40.9 Å². The van der Waals surface area contributed by atoms with Gasteiger partial charge in [0, 0.05) is 18.3 Å². The van der Waals surface area contributed by atoms with E-state index in [0.717, 1.165) is 0 Å². The normalized spacial score (nSPS) is 14.2. The zero-order chi connectivity index (χ0) is 9.90. The topological polar surface area (TPSA) is 33.1 Å². The second-order valence-corrected chi connectivity index (χ2v) is 4.95. The van der Waals surface area contributed by atoms with Crippen LogP contribution < -0.4 is 0 Å². The van der Waals surface area contributed by atoms with Crippen molar-refractivity contribution < 1.29 is 5.11 Å². The SMILES string of the molecule is O[C@@H](Cc1ccccn1)C(Cl)(Cl)Cl. The summed E-state index contributed by atoms with van der Waals surface area (Å²) in [5.74, 6) is 0. The van der Waals surface area contributed by atoms with E-state index in [9.17, 15) is 5.11 Å². The number of alkyl halides is 3. The summed E-state index contributed by atoms with van der Waals surface area (Å²) < 4.78 is -1.66. The van der Waals surface area contributed by atoms with Gasteiger partial charge in [-0.05, 0) is 12.1 Å². The van der Waals surface area contributed by atoms with Gasteiger partial charge in [0.25, 0.3) is 0 Å². The van der Waals surface area contributed by atoms with E-state index < -0.39 is 9.90 Å². The highest BCUT2D eigenvalue weighted by atomic mass is 35.6. The average molecular weight is 241 g/mol. The van der Waals surface area contributed by atoms with Gasteiger partial charge in [0.1, 0.15) is 6.10 Å². The Morgan fingerprint density at radius 1 is 1.38 bits per heavy atom. The fourth-order valence-corrected chi connectivity index (χ4v) is 1.06. The summed E-state index contributed by atoms with van der Waals surface area (Å²) in [6, 6.07) is 5.36. The van der Waals surface area contributed by atoms with Crippen molar-refractivity contribution in [2.45, 2.75) is 16.3 Å². The van der Waals surface area contributed by atoms with Crippen molar-refractivity contribution in [2.75, 3.05) is 0 Å². The number of pyridine rings is 1. The lowest BCUT2D eigenvalue weighted by Gasteiger charge is -2.17. The summed E-state index contributed by atoms with van der Waals surface area (Å²) >= 11 is 16.5. The van der Waals surface area contributed by atoms with Gasteiger partial charge in [0.15, 0.2) is 0 Å². The van der Waals surface area contributed by atoms with Crippen LogP contribution in [0.2, 0.25) is 0 Å². The maximum atomic E-state index is 9.40. The van der Waals surface area contributed by atoms with Crippen LogP contribution in [0.3, 0.4) is 0 Å². The molecule has 5 heteroatoms. The van der Waals surface area contributed by atoms with Crippen LogP contribution in [-0.4, -0.2) is 20.0 Å². The Bertz CT molecular complexity index is 260. The van der Waals surface area contributed by atoms with Gasteiger partial charge < -0.3 is 5.11 Å². The summed E-state index contributed by atoms with van der Waals surface area (Å²) in [4.78, 5) is 4.00. The van der Waals surface area contributed by atoms with Crippen molar-refractivity contribution in [3.63, 3.8) is 0 Å². The molecule has 1 rings (SSSR count). The van der Waals surface area contributed by atoms with Crippen LogP contribution in [-0.2, 0) is 6.42 Å². The first-order valence-corrected chi connectivity index (χ1v) is 4.78. The molecule has 0 amide bonds. The Kier molecular flexibility index (Phi) is 3.80. The van der Waals surface area contributed by atoms with E-state index in [1.165, 1.54) is 0 Å². The molecule has 0 bridgehead atoms. The predicted molar refractivity (Wildman–Crippen MR) is 54.2 cm³/mol. The molecule has 1 aromatic heterocycles. The van der Waals surface area contributed by atoms with Crippen LogP contribution in [0.25, 0.3) is 0 Å². The van der Waals surface area contributed by atoms with Gasteiger partial charge in [-0.25, -0.2) is 0 Å². The van der Waals surface area contributed by atoms with Crippen molar-refractivity contribution in [1.29, 1.82) is 0 Å². The molecule has 0 aromatic carbocycles. The van der Waals surface area contributed by atoms with Crippen LogP contribution >= 0.6 is 34.8 Å². The van der Waals surface area contributed by atoms with Crippen molar-refractivity contribution in [1.82, 2.24) is 4.98 Å². The fraction of sp³-hybridized carbons (Fsp3) is 0.375. The number of hydrogen-bond acceptors (Lipinski definition) is 2. The quantitative estimate of drug-likeness (QED) is 0.805. The number of rotatable bonds is 2. The highest BCUT2D eigenvalue weighted by Gasteiger charge is 2.30. The number of aliphatic hydroxyl groups is 1. The maximum absolute atomic E-state index is 9.40. The van der Waals surface area contributed by atoms with E-state index in [1.807, 2.05) is 6.07 Å². The number of nitrogens with zero attached hydrogens (tertiary/aromatic N) is 1. The Labute approximate surface area is 91.4 Å². The van der Waals surface area contributed by atoms with Gasteiger partial charge in [0.2, 0.25) is 3.79 Å². The lowest BCUT2D eigenvalue weighted by atomic mass is 10.2. The molecule has 72 valence electrons. The summed E-state index contributed by atoms with van der Waals surface area (Å²) in [6.45, 7) is 0. The minimum absolute atomic E-state index is 0.233. The molecule has 0 aliphatic heterocycles. The number of aliphatic hydroxyl groups excluding tert-OH is 1. The lowest BCUT2D eigenvalue weighted by molar-refractivity contribution is 0.178. The highest BCUT2D eigenvalue weighted by molar-refractivity contribution is 6.68. The van der Waals surface area contributed by atoms with Crippen LogP contribution in [0.15, 0.2) is 24.4 Å². The molecule has 1 atom stereocenters. The minimum Gasteiger partial charge on any atom is -0.388 e. The third-order valence-corrected chi connectivity index (χ3v) is 2.26. The van der Waals surface area contributed by atoms with E-state index in [4.69, 9.17) is 34.8 Å². The molecule has 0 aliphatic carbocycles. The molecule has 0 saturated heterocycles. The number of hydrogen-bond donors (Lipinski definition) is 1. The standard InChI is InChI=1S/C8H8Cl3NO/c9-8(10,11)7(13)5-6-3-1-2-4-12-6/h1-4,7,13H,5H2/t7-/m0/s1. The molecule has 1 aromatic rings. The molecule has 0 unspecified atom stereocenters. The molecule has 13 heavy (non-hydrogen) atoms. The third-order valence-electron chi connectivity index (χ3n) is 1.51. The first-order valence-electron chi connectivity index (χ1n) is 3.65. The van der Waals surface area contributed by atoms with Crippen molar-refractivity contribution in [2.24, 2.45) is 0 Å². The Morgan fingerprint density at radius 2 is 2.08 bits per heavy atom. The molecule has 0 spiro atoms. The van der Waals surface area contributed by atoms with Crippen LogP contribution in [0.1, 0.15) is 5.69 Å². The van der Waals surface area contributed by atoms with E-state index >= 15 is 0 Å². The summed E-state index contributed by atoms with van der Waals surface area (Å²) in [5, 5.41) is 9.40. The first-order chi connectivity index (χ1) is 6.00. The predicted octanol–water partition coefficient (Wildman–Crippen LogP) is 2.36. The summed E-state index contributed by atoms with van der Waals surface area (Å²) in [7, 11) is 0. The minimum atomic E-state index is -1.66.